The van der Waals surface area contributed by atoms with Crippen molar-refractivity contribution in [2.45, 2.75) is 57.8 Å². The number of hydrogen-bond acceptors (Lipinski definition) is 4. The molecule has 5 N–H and O–H groups in total. The van der Waals surface area contributed by atoms with E-state index in [2.05, 4.69) is 0 Å². The number of halogens is 2. The predicted octanol–water partition coefficient (Wildman–Crippen LogP) is 4.30. The van der Waals surface area contributed by atoms with E-state index in [1.54, 1.807) is 12.1 Å². The lowest BCUT2D eigenvalue weighted by molar-refractivity contribution is -0.139. The molecule has 7 nitrogen and oxygen atoms in total. The van der Waals surface area contributed by atoms with Crippen molar-refractivity contribution in [2.75, 3.05) is 0 Å². The highest BCUT2D eigenvalue weighted by atomic mass is 19.1. The zero-order chi connectivity index (χ0) is 26.6. The van der Waals surface area contributed by atoms with E-state index < -0.39 is 42.1 Å². The Bertz CT molecular complexity index is 1220. The highest BCUT2D eigenvalue weighted by molar-refractivity contribution is 6.05. The van der Waals surface area contributed by atoms with Crippen LogP contribution in [0.5, 0.6) is 0 Å². The molecule has 1 amide bonds. The van der Waals surface area contributed by atoms with Gasteiger partial charge < -0.3 is 25.6 Å². The van der Waals surface area contributed by atoms with Crippen molar-refractivity contribution in [1.29, 1.82) is 0 Å². The predicted molar refractivity (Wildman–Crippen MR) is 131 cm³/mol. The second-order valence-electron chi connectivity index (χ2n) is 9.10. The first-order valence-corrected chi connectivity index (χ1v) is 11.7. The minimum atomic E-state index is -1.21. The Morgan fingerprint density at radius 3 is 1.92 bits per heavy atom. The third-order valence-corrected chi connectivity index (χ3v) is 5.99. The summed E-state index contributed by atoms with van der Waals surface area (Å²) in [5.41, 5.74) is 8.85. The molecule has 3 rings (SSSR count). The van der Waals surface area contributed by atoms with E-state index in [1.807, 2.05) is 18.4 Å². The third kappa shape index (κ3) is 6.16. The summed E-state index contributed by atoms with van der Waals surface area (Å²) in [7, 11) is 0. The standard InChI is InChI=1S/C27H30F2N2O5/c1-15(2)25-24(27(30)36)23(16-3-7-18(28)8-4-16)26(17-5-9-19(29)10-6-17)31(25)12-11-20(32)13-21(33)14-22(34)35/h3-10,15,20-21,32-33H,11-14H2,1-2H3,(H2,30,36)(H,34,35)/t20-,21-/m1/s1. The Labute approximate surface area is 207 Å². The van der Waals surface area contributed by atoms with E-state index in [9.17, 15) is 28.6 Å². The number of carbonyl (C=O) groups is 2. The first-order chi connectivity index (χ1) is 17.0. The molecule has 36 heavy (non-hydrogen) atoms. The topological polar surface area (TPSA) is 126 Å². The number of primary amides is 1. The molecule has 9 heteroatoms. The fourth-order valence-corrected chi connectivity index (χ4v) is 4.52. The second-order valence-corrected chi connectivity index (χ2v) is 9.10. The Balaban J connectivity index is 2.18. The van der Waals surface area contributed by atoms with Crippen LogP contribution in [0.3, 0.4) is 0 Å². The van der Waals surface area contributed by atoms with Gasteiger partial charge in [-0.15, -0.1) is 0 Å². The zero-order valence-corrected chi connectivity index (χ0v) is 20.1. The van der Waals surface area contributed by atoms with Crippen LogP contribution >= 0.6 is 0 Å². The van der Waals surface area contributed by atoms with Crippen molar-refractivity contribution < 1.29 is 33.7 Å². The lowest BCUT2D eigenvalue weighted by Gasteiger charge is -2.20. The molecule has 0 spiro atoms. The molecule has 0 unspecified atom stereocenters. The Kier molecular flexibility index (Phi) is 8.60. The molecule has 2 atom stereocenters. The van der Waals surface area contributed by atoms with E-state index in [1.165, 1.54) is 36.4 Å². The molecule has 0 bridgehead atoms. The summed E-state index contributed by atoms with van der Waals surface area (Å²) < 4.78 is 29.3. The fraction of sp³-hybridized carbons (Fsp3) is 0.333. The van der Waals surface area contributed by atoms with Gasteiger partial charge in [-0.05, 0) is 66.3 Å². The first-order valence-electron chi connectivity index (χ1n) is 11.7. The number of amides is 1. The molecule has 0 saturated heterocycles. The van der Waals surface area contributed by atoms with E-state index >= 15 is 0 Å². The van der Waals surface area contributed by atoms with Crippen LogP contribution in [0.2, 0.25) is 0 Å². The molecule has 3 aromatic rings. The number of benzene rings is 2. The summed E-state index contributed by atoms with van der Waals surface area (Å²) in [5, 5.41) is 29.3. The number of aliphatic carboxylic acids is 1. The van der Waals surface area contributed by atoms with Crippen molar-refractivity contribution in [1.82, 2.24) is 4.57 Å². The van der Waals surface area contributed by atoms with Crippen LogP contribution in [0.4, 0.5) is 8.78 Å². The van der Waals surface area contributed by atoms with Crippen molar-refractivity contribution in [3.8, 4) is 22.4 Å². The first kappa shape index (κ1) is 27.0. The molecule has 0 aliphatic heterocycles. The minimum absolute atomic E-state index is 0.135. The summed E-state index contributed by atoms with van der Waals surface area (Å²) in [4.78, 5) is 23.6. The summed E-state index contributed by atoms with van der Waals surface area (Å²) in [6.07, 6.45) is -2.71. The summed E-state index contributed by atoms with van der Waals surface area (Å²) in [6, 6.07) is 11.3. The Hall–Kier alpha value is -3.56. The van der Waals surface area contributed by atoms with Crippen molar-refractivity contribution >= 4 is 11.9 Å². The number of aliphatic hydroxyl groups is 2. The Morgan fingerprint density at radius 2 is 1.44 bits per heavy atom. The number of nitrogens with zero attached hydrogens (tertiary/aromatic N) is 1. The Morgan fingerprint density at radius 1 is 0.917 bits per heavy atom. The average molecular weight is 501 g/mol. The van der Waals surface area contributed by atoms with Gasteiger partial charge in [-0.1, -0.05) is 26.0 Å². The van der Waals surface area contributed by atoms with E-state index in [-0.39, 0.29) is 30.9 Å². The molecule has 0 fully saturated rings. The molecule has 0 saturated carbocycles. The van der Waals surface area contributed by atoms with Crippen LogP contribution in [-0.4, -0.2) is 44.0 Å². The van der Waals surface area contributed by atoms with E-state index in [0.717, 1.165) is 0 Å². The minimum Gasteiger partial charge on any atom is -0.481 e. The second kappa shape index (κ2) is 11.5. The number of rotatable bonds is 11. The molecule has 192 valence electrons. The van der Waals surface area contributed by atoms with Gasteiger partial charge in [0, 0.05) is 17.8 Å². The maximum atomic E-state index is 13.8. The molecule has 1 aromatic heterocycles. The number of nitrogens with two attached hydrogens (primary N) is 1. The number of aromatic nitrogens is 1. The summed E-state index contributed by atoms with van der Waals surface area (Å²) in [5.74, 6) is -2.93. The molecule has 1 heterocycles. The van der Waals surface area contributed by atoms with Crippen LogP contribution in [-0.2, 0) is 11.3 Å². The number of carbonyl (C=O) groups excluding carboxylic acids is 1. The van der Waals surface area contributed by atoms with E-state index in [4.69, 9.17) is 10.8 Å². The van der Waals surface area contributed by atoms with Crippen LogP contribution in [0, 0.1) is 11.6 Å². The van der Waals surface area contributed by atoms with Crippen molar-refractivity contribution in [3.63, 3.8) is 0 Å². The smallest absolute Gasteiger partial charge is 0.305 e. The van der Waals surface area contributed by atoms with Gasteiger partial charge in [0.05, 0.1) is 29.9 Å². The maximum Gasteiger partial charge on any atom is 0.305 e. The van der Waals surface area contributed by atoms with Crippen LogP contribution < -0.4 is 5.73 Å². The third-order valence-electron chi connectivity index (χ3n) is 5.99. The average Bonchev–Trinajstić information content (AvgIpc) is 3.14. The fourth-order valence-electron chi connectivity index (χ4n) is 4.52. The number of carboxylic acid groups (broad SMARTS) is 1. The van der Waals surface area contributed by atoms with Gasteiger partial charge in [-0.3, -0.25) is 9.59 Å². The van der Waals surface area contributed by atoms with Gasteiger partial charge >= 0.3 is 5.97 Å². The van der Waals surface area contributed by atoms with Crippen LogP contribution in [0.15, 0.2) is 48.5 Å². The van der Waals surface area contributed by atoms with Crippen LogP contribution in [0.25, 0.3) is 22.4 Å². The van der Waals surface area contributed by atoms with Gasteiger partial charge in [0.15, 0.2) is 0 Å². The maximum absolute atomic E-state index is 13.8. The molecule has 0 aliphatic carbocycles. The van der Waals surface area contributed by atoms with E-state index in [0.29, 0.717) is 28.1 Å². The SMILES string of the molecule is CC(C)c1c(C(N)=O)c(-c2ccc(F)cc2)c(-c2ccc(F)cc2)n1CC[C@@H](O)C[C@@H](O)CC(=O)O. The number of carboxylic acids is 1. The molecule has 2 aromatic carbocycles. The lowest BCUT2D eigenvalue weighted by Crippen LogP contribution is -2.22. The zero-order valence-electron chi connectivity index (χ0n) is 20.1. The van der Waals surface area contributed by atoms with Gasteiger partial charge in [0.1, 0.15) is 11.6 Å². The monoisotopic (exact) mass is 500 g/mol. The van der Waals surface area contributed by atoms with Gasteiger partial charge in [0.2, 0.25) is 0 Å². The highest BCUT2D eigenvalue weighted by Crippen LogP contribution is 2.42. The molecular formula is C27H30F2N2O5. The highest BCUT2D eigenvalue weighted by Gasteiger charge is 2.29. The number of aliphatic hydroxyl groups excluding tert-OH is 2. The molecule has 0 aliphatic rings. The number of hydrogen-bond donors (Lipinski definition) is 4. The summed E-state index contributed by atoms with van der Waals surface area (Å²) >= 11 is 0. The van der Waals surface area contributed by atoms with Gasteiger partial charge in [-0.25, -0.2) is 8.78 Å². The van der Waals surface area contributed by atoms with Crippen molar-refractivity contribution in [2.24, 2.45) is 5.73 Å². The lowest BCUT2D eigenvalue weighted by atomic mass is 9.94. The molecule has 0 radical (unpaired) electrons. The quantitative estimate of drug-likeness (QED) is 0.312. The summed E-state index contributed by atoms with van der Waals surface area (Å²) in [6.45, 7) is 3.96. The normalized spacial score (nSPS) is 13.1. The van der Waals surface area contributed by atoms with Crippen molar-refractivity contribution in [3.05, 3.63) is 71.4 Å². The van der Waals surface area contributed by atoms with Gasteiger partial charge in [0.25, 0.3) is 5.91 Å². The largest absolute Gasteiger partial charge is 0.481 e. The van der Waals surface area contributed by atoms with Crippen LogP contribution in [0.1, 0.15) is 55.1 Å². The van der Waals surface area contributed by atoms with Gasteiger partial charge in [-0.2, -0.15) is 0 Å². The molecular weight excluding hydrogens is 470 g/mol.